The number of hydrogen-bond acceptors (Lipinski definition) is 4. The average molecular weight is 408 g/mol. The van der Waals surface area contributed by atoms with Crippen LogP contribution in [0.1, 0.15) is 13.8 Å². The van der Waals surface area contributed by atoms with Crippen molar-refractivity contribution in [1.82, 2.24) is 10.6 Å². The summed E-state index contributed by atoms with van der Waals surface area (Å²) in [6, 6.07) is 14.3. The Bertz CT molecular complexity index is 873. The summed E-state index contributed by atoms with van der Waals surface area (Å²) in [4.78, 5) is 4.71. The fourth-order valence-corrected chi connectivity index (χ4v) is 3.60. The summed E-state index contributed by atoms with van der Waals surface area (Å²) in [6.45, 7) is 4.94. The number of rotatable bonds is 9. The summed E-state index contributed by atoms with van der Waals surface area (Å²) in [7, 11) is -3.35. The number of sulfone groups is 1. The second-order valence-electron chi connectivity index (χ2n) is 6.16. The molecule has 2 aromatic carbocycles. The van der Waals surface area contributed by atoms with E-state index in [0.717, 1.165) is 0 Å². The zero-order valence-corrected chi connectivity index (χ0v) is 16.9. The summed E-state index contributed by atoms with van der Waals surface area (Å²) in [6.07, 6.45) is -0.273. The highest BCUT2D eigenvalue weighted by Crippen LogP contribution is 2.14. The summed E-state index contributed by atoms with van der Waals surface area (Å²) in [5, 5.41) is 6.08. The normalized spacial score (nSPS) is 13.0. The van der Waals surface area contributed by atoms with E-state index in [9.17, 15) is 12.8 Å². The first-order valence-electron chi connectivity index (χ1n) is 9.13. The number of halogens is 1. The molecule has 0 aromatic heterocycles. The van der Waals surface area contributed by atoms with Crippen LogP contribution in [0.3, 0.4) is 0 Å². The standard InChI is InChI=1S/C20H26FN3O3S/c1-3-22-20(23-12-13-28(25,26)19-10-5-4-6-11-19)24-15-16(2)27-18-9-7-8-17(21)14-18/h4-11,14,16H,3,12-13,15H2,1-2H3,(H2,22,23,24). The molecule has 0 saturated heterocycles. The van der Waals surface area contributed by atoms with E-state index in [0.29, 0.717) is 29.7 Å². The Morgan fingerprint density at radius 2 is 1.89 bits per heavy atom. The van der Waals surface area contributed by atoms with E-state index in [4.69, 9.17) is 4.74 Å². The van der Waals surface area contributed by atoms with Crippen molar-refractivity contribution in [2.24, 2.45) is 4.99 Å². The molecule has 6 nitrogen and oxygen atoms in total. The first kappa shape index (κ1) is 21.7. The van der Waals surface area contributed by atoms with Crippen LogP contribution in [0.2, 0.25) is 0 Å². The lowest BCUT2D eigenvalue weighted by atomic mass is 10.3. The molecule has 0 heterocycles. The molecule has 0 bridgehead atoms. The fourth-order valence-electron chi connectivity index (χ4n) is 2.42. The van der Waals surface area contributed by atoms with Crippen molar-refractivity contribution < 1.29 is 17.5 Å². The maximum Gasteiger partial charge on any atom is 0.191 e. The molecule has 0 saturated carbocycles. The first-order valence-corrected chi connectivity index (χ1v) is 10.8. The fraction of sp³-hybridized carbons (Fsp3) is 0.350. The van der Waals surface area contributed by atoms with Crippen LogP contribution in [-0.2, 0) is 9.84 Å². The molecule has 1 unspecified atom stereocenters. The van der Waals surface area contributed by atoms with E-state index in [1.54, 1.807) is 42.5 Å². The van der Waals surface area contributed by atoms with Gasteiger partial charge in [-0.15, -0.1) is 0 Å². The van der Waals surface area contributed by atoms with Crippen LogP contribution in [0, 0.1) is 5.82 Å². The predicted molar refractivity (Wildman–Crippen MR) is 109 cm³/mol. The van der Waals surface area contributed by atoms with Gasteiger partial charge in [0.25, 0.3) is 0 Å². The highest BCUT2D eigenvalue weighted by Gasteiger charge is 2.13. The molecule has 0 radical (unpaired) electrons. The third kappa shape index (κ3) is 7.19. The Balaban J connectivity index is 1.87. The van der Waals surface area contributed by atoms with Crippen LogP contribution in [0.5, 0.6) is 5.75 Å². The summed E-state index contributed by atoms with van der Waals surface area (Å²) >= 11 is 0. The lowest BCUT2D eigenvalue weighted by Gasteiger charge is -2.15. The molecule has 0 spiro atoms. The van der Waals surface area contributed by atoms with Crippen LogP contribution in [0.25, 0.3) is 0 Å². The van der Waals surface area contributed by atoms with Gasteiger partial charge in [-0.25, -0.2) is 17.8 Å². The van der Waals surface area contributed by atoms with Crippen LogP contribution in [-0.4, -0.2) is 45.9 Å². The third-order valence-electron chi connectivity index (χ3n) is 3.75. The first-order chi connectivity index (χ1) is 13.4. The van der Waals surface area contributed by atoms with Crippen LogP contribution in [0.15, 0.2) is 64.5 Å². The van der Waals surface area contributed by atoms with E-state index in [2.05, 4.69) is 15.6 Å². The smallest absolute Gasteiger partial charge is 0.191 e. The topological polar surface area (TPSA) is 79.8 Å². The minimum atomic E-state index is -3.35. The van der Waals surface area contributed by atoms with Crippen molar-refractivity contribution in [3.63, 3.8) is 0 Å². The molecule has 1 atom stereocenters. The van der Waals surface area contributed by atoms with Gasteiger partial charge in [0.05, 0.1) is 17.2 Å². The second kappa shape index (κ2) is 10.7. The number of benzene rings is 2. The van der Waals surface area contributed by atoms with Crippen LogP contribution >= 0.6 is 0 Å². The molecule has 2 aromatic rings. The van der Waals surface area contributed by atoms with Gasteiger partial charge in [-0.2, -0.15) is 0 Å². The SMILES string of the molecule is CCNC(=NCC(C)Oc1cccc(F)c1)NCCS(=O)(=O)c1ccccc1. The number of hydrogen-bond donors (Lipinski definition) is 2. The van der Waals surface area contributed by atoms with E-state index in [1.807, 2.05) is 13.8 Å². The molecule has 0 aliphatic carbocycles. The second-order valence-corrected chi connectivity index (χ2v) is 8.27. The maximum absolute atomic E-state index is 13.2. The largest absolute Gasteiger partial charge is 0.489 e. The van der Waals surface area contributed by atoms with Gasteiger partial charge >= 0.3 is 0 Å². The molecule has 0 aliphatic heterocycles. The number of guanidine groups is 1. The highest BCUT2D eigenvalue weighted by atomic mass is 32.2. The summed E-state index contributed by atoms with van der Waals surface area (Å²) in [5.74, 6) is 0.537. The molecule has 0 aliphatic rings. The van der Waals surface area contributed by atoms with Gasteiger partial charge in [0, 0.05) is 19.2 Å². The molecule has 8 heteroatoms. The predicted octanol–water partition coefficient (Wildman–Crippen LogP) is 2.62. The van der Waals surface area contributed by atoms with Gasteiger partial charge in [0.1, 0.15) is 17.7 Å². The summed E-state index contributed by atoms with van der Waals surface area (Å²) < 4.78 is 43.5. The lowest BCUT2D eigenvalue weighted by molar-refractivity contribution is 0.229. The van der Waals surface area contributed by atoms with E-state index >= 15 is 0 Å². The number of nitrogens with one attached hydrogen (secondary N) is 2. The Hall–Kier alpha value is -2.61. The Morgan fingerprint density at radius 3 is 2.57 bits per heavy atom. The Kier molecular flexibility index (Phi) is 8.25. The van der Waals surface area contributed by atoms with Crippen LogP contribution < -0.4 is 15.4 Å². The molecule has 152 valence electrons. The highest BCUT2D eigenvalue weighted by molar-refractivity contribution is 7.91. The minimum absolute atomic E-state index is 0.0449. The average Bonchev–Trinajstić information content (AvgIpc) is 2.67. The molecule has 0 fully saturated rings. The quantitative estimate of drug-likeness (QED) is 0.493. The van der Waals surface area contributed by atoms with E-state index in [-0.39, 0.29) is 24.2 Å². The monoisotopic (exact) mass is 407 g/mol. The molecule has 2 N–H and O–H groups in total. The zero-order valence-electron chi connectivity index (χ0n) is 16.1. The molecular weight excluding hydrogens is 381 g/mol. The number of nitrogens with zero attached hydrogens (tertiary/aromatic N) is 1. The molecular formula is C20H26FN3O3S. The van der Waals surface area contributed by atoms with E-state index < -0.39 is 9.84 Å². The van der Waals surface area contributed by atoms with Gasteiger partial charge in [-0.3, -0.25) is 0 Å². The maximum atomic E-state index is 13.2. The minimum Gasteiger partial charge on any atom is -0.489 e. The number of ether oxygens (including phenoxy) is 1. The Labute approximate surface area is 165 Å². The lowest BCUT2D eigenvalue weighted by Crippen LogP contribution is -2.40. The van der Waals surface area contributed by atoms with Crippen molar-refractivity contribution in [3.05, 3.63) is 60.4 Å². The van der Waals surface area contributed by atoms with Gasteiger partial charge in [-0.05, 0) is 38.1 Å². The number of aliphatic imine (C=N–C) groups is 1. The van der Waals surface area contributed by atoms with Crippen molar-refractivity contribution in [2.75, 3.05) is 25.4 Å². The molecule has 28 heavy (non-hydrogen) atoms. The van der Waals surface area contributed by atoms with Gasteiger partial charge in [0.2, 0.25) is 0 Å². The van der Waals surface area contributed by atoms with Crippen LogP contribution in [0.4, 0.5) is 4.39 Å². The zero-order chi connectivity index (χ0) is 20.4. The van der Waals surface area contributed by atoms with Gasteiger partial charge in [-0.1, -0.05) is 24.3 Å². The Morgan fingerprint density at radius 1 is 1.14 bits per heavy atom. The third-order valence-corrected chi connectivity index (χ3v) is 5.48. The van der Waals surface area contributed by atoms with E-state index in [1.165, 1.54) is 12.1 Å². The summed E-state index contributed by atoms with van der Waals surface area (Å²) in [5.41, 5.74) is 0. The van der Waals surface area contributed by atoms with Crippen molar-refractivity contribution in [3.8, 4) is 5.75 Å². The van der Waals surface area contributed by atoms with Gasteiger partial charge < -0.3 is 15.4 Å². The molecule has 0 amide bonds. The van der Waals surface area contributed by atoms with Gasteiger partial charge in [0.15, 0.2) is 15.8 Å². The van der Waals surface area contributed by atoms with Crippen molar-refractivity contribution in [2.45, 2.75) is 24.8 Å². The molecule has 2 rings (SSSR count). The van der Waals surface area contributed by atoms with Crippen molar-refractivity contribution >= 4 is 15.8 Å². The van der Waals surface area contributed by atoms with Crippen molar-refractivity contribution in [1.29, 1.82) is 0 Å².